The Hall–Kier alpha value is -1.79. The molecule has 1 aromatic rings. The second kappa shape index (κ2) is 7.84. The van der Waals surface area contributed by atoms with E-state index in [1.807, 2.05) is 6.07 Å². The van der Waals surface area contributed by atoms with Gasteiger partial charge in [-0.25, -0.2) is 0 Å². The molecule has 0 atom stereocenters. The highest BCUT2D eigenvalue weighted by Crippen LogP contribution is 2.33. The first-order valence-electron chi connectivity index (χ1n) is 9.85. The highest BCUT2D eigenvalue weighted by Gasteiger charge is 2.30. The number of nitrogens with zero attached hydrogens (tertiary/aromatic N) is 3. The normalized spacial score (nSPS) is 22.0. The topological polar surface area (TPSA) is 45.2 Å². The minimum absolute atomic E-state index is 0.205. The summed E-state index contributed by atoms with van der Waals surface area (Å²) in [5.74, 6) is 2.26. The molecule has 0 saturated carbocycles. The third-order valence-electron chi connectivity index (χ3n) is 5.91. The average molecular weight is 359 g/mol. The zero-order chi connectivity index (χ0) is 17.9. The molecule has 1 aromatic carbocycles. The Labute approximate surface area is 155 Å². The highest BCUT2D eigenvalue weighted by molar-refractivity contribution is 5.79. The van der Waals surface area contributed by atoms with Crippen molar-refractivity contribution in [1.29, 1.82) is 0 Å². The summed E-state index contributed by atoms with van der Waals surface area (Å²) in [6.45, 7) is 10.3. The van der Waals surface area contributed by atoms with Gasteiger partial charge in [0.1, 0.15) is 0 Å². The van der Waals surface area contributed by atoms with Crippen LogP contribution < -0.4 is 9.47 Å². The van der Waals surface area contributed by atoms with Crippen molar-refractivity contribution < 1.29 is 14.3 Å². The lowest BCUT2D eigenvalue weighted by molar-refractivity contribution is -0.138. The van der Waals surface area contributed by atoms with Crippen LogP contribution in [0.4, 0.5) is 0 Å². The lowest BCUT2D eigenvalue weighted by Gasteiger charge is -2.38. The predicted octanol–water partition coefficient (Wildman–Crippen LogP) is 1.79. The van der Waals surface area contributed by atoms with Gasteiger partial charge in [0.05, 0.1) is 0 Å². The second-order valence-electron chi connectivity index (χ2n) is 7.50. The summed E-state index contributed by atoms with van der Waals surface area (Å²) in [5, 5.41) is 0. The van der Waals surface area contributed by atoms with Crippen LogP contribution in [-0.4, -0.2) is 73.2 Å². The number of carbonyl (C=O) groups is 1. The Morgan fingerprint density at radius 3 is 2.46 bits per heavy atom. The molecule has 0 aromatic heterocycles. The Kier molecular flexibility index (Phi) is 5.31. The lowest BCUT2D eigenvalue weighted by Crippen LogP contribution is -2.51. The van der Waals surface area contributed by atoms with E-state index in [1.165, 1.54) is 5.56 Å². The standard InChI is InChI=1S/C20H29N3O3/c1-2-21-9-11-23(12-10-21)20(24)17-5-7-22(8-6-17)14-16-3-4-18-19(13-16)26-15-25-18/h3-4,13,17H,2,5-12,14-15H2,1H3. The number of carbonyl (C=O) groups excluding carboxylic acids is 1. The summed E-state index contributed by atoms with van der Waals surface area (Å²) in [7, 11) is 0. The van der Waals surface area contributed by atoms with Crippen LogP contribution in [0.15, 0.2) is 18.2 Å². The Morgan fingerprint density at radius 2 is 1.73 bits per heavy atom. The van der Waals surface area contributed by atoms with E-state index < -0.39 is 0 Å². The molecule has 3 heterocycles. The van der Waals surface area contributed by atoms with Crippen molar-refractivity contribution in [3.63, 3.8) is 0 Å². The molecule has 1 amide bonds. The molecule has 142 valence electrons. The Balaban J connectivity index is 1.25. The van der Waals surface area contributed by atoms with Crippen LogP contribution in [0, 0.1) is 5.92 Å². The molecule has 6 heteroatoms. The van der Waals surface area contributed by atoms with Crippen molar-refractivity contribution in [2.75, 3.05) is 52.6 Å². The van der Waals surface area contributed by atoms with Gasteiger partial charge in [-0.15, -0.1) is 0 Å². The van der Waals surface area contributed by atoms with E-state index in [-0.39, 0.29) is 5.92 Å². The maximum Gasteiger partial charge on any atom is 0.231 e. The van der Waals surface area contributed by atoms with Crippen LogP contribution in [0.5, 0.6) is 11.5 Å². The Morgan fingerprint density at radius 1 is 1.00 bits per heavy atom. The maximum absolute atomic E-state index is 12.8. The summed E-state index contributed by atoms with van der Waals surface area (Å²) in [6.07, 6.45) is 1.94. The fraction of sp³-hybridized carbons (Fsp3) is 0.650. The molecule has 0 radical (unpaired) electrons. The number of hydrogen-bond acceptors (Lipinski definition) is 5. The van der Waals surface area contributed by atoms with Gasteiger partial charge in [-0.1, -0.05) is 13.0 Å². The monoisotopic (exact) mass is 359 g/mol. The van der Waals surface area contributed by atoms with E-state index >= 15 is 0 Å². The Bertz CT molecular complexity index is 635. The summed E-state index contributed by atoms with van der Waals surface area (Å²) in [6, 6.07) is 6.18. The van der Waals surface area contributed by atoms with Gasteiger partial charge < -0.3 is 19.3 Å². The van der Waals surface area contributed by atoms with Gasteiger partial charge in [-0.3, -0.25) is 9.69 Å². The average Bonchev–Trinajstić information content (AvgIpc) is 3.16. The molecule has 3 aliphatic rings. The van der Waals surface area contributed by atoms with E-state index in [0.717, 1.165) is 76.7 Å². The largest absolute Gasteiger partial charge is 0.454 e. The van der Waals surface area contributed by atoms with E-state index in [9.17, 15) is 4.79 Å². The van der Waals surface area contributed by atoms with Crippen LogP contribution in [0.2, 0.25) is 0 Å². The van der Waals surface area contributed by atoms with Crippen molar-refractivity contribution >= 4 is 5.91 Å². The van der Waals surface area contributed by atoms with Gasteiger partial charge in [0.25, 0.3) is 0 Å². The van der Waals surface area contributed by atoms with E-state index in [1.54, 1.807) is 0 Å². The molecule has 0 bridgehead atoms. The van der Waals surface area contributed by atoms with Crippen LogP contribution >= 0.6 is 0 Å². The molecule has 2 fully saturated rings. The fourth-order valence-corrected chi connectivity index (χ4v) is 4.18. The third-order valence-corrected chi connectivity index (χ3v) is 5.91. The molecule has 0 N–H and O–H groups in total. The van der Waals surface area contributed by atoms with Gasteiger partial charge >= 0.3 is 0 Å². The molecule has 4 rings (SSSR count). The zero-order valence-corrected chi connectivity index (χ0v) is 15.7. The molecule has 0 unspecified atom stereocenters. The third kappa shape index (κ3) is 3.81. The van der Waals surface area contributed by atoms with Crippen LogP contribution in [0.1, 0.15) is 25.3 Å². The molecular weight excluding hydrogens is 330 g/mol. The van der Waals surface area contributed by atoms with Crippen molar-refractivity contribution in [1.82, 2.24) is 14.7 Å². The minimum atomic E-state index is 0.205. The second-order valence-corrected chi connectivity index (χ2v) is 7.50. The summed E-state index contributed by atoms with van der Waals surface area (Å²) in [4.78, 5) is 19.7. The minimum Gasteiger partial charge on any atom is -0.454 e. The number of amides is 1. The summed E-state index contributed by atoms with van der Waals surface area (Å²) >= 11 is 0. The number of likely N-dealkylation sites (N-methyl/N-ethyl adjacent to an activating group) is 1. The quantitative estimate of drug-likeness (QED) is 0.820. The van der Waals surface area contributed by atoms with Gasteiger partial charge in [-0.05, 0) is 50.2 Å². The number of benzene rings is 1. The van der Waals surface area contributed by atoms with Crippen LogP contribution in [0.25, 0.3) is 0 Å². The molecule has 0 aliphatic carbocycles. The van der Waals surface area contributed by atoms with E-state index in [4.69, 9.17) is 9.47 Å². The van der Waals surface area contributed by atoms with Crippen LogP contribution in [-0.2, 0) is 11.3 Å². The fourth-order valence-electron chi connectivity index (χ4n) is 4.18. The van der Waals surface area contributed by atoms with Gasteiger partial charge in [-0.2, -0.15) is 0 Å². The van der Waals surface area contributed by atoms with Gasteiger partial charge in [0, 0.05) is 38.6 Å². The maximum atomic E-state index is 12.8. The predicted molar refractivity (Wildman–Crippen MR) is 99.3 cm³/mol. The number of fused-ring (bicyclic) bond motifs is 1. The smallest absolute Gasteiger partial charge is 0.231 e. The number of likely N-dealkylation sites (tertiary alicyclic amines) is 1. The molecular formula is C20H29N3O3. The van der Waals surface area contributed by atoms with Gasteiger partial charge in [0.15, 0.2) is 11.5 Å². The first-order chi connectivity index (χ1) is 12.7. The summed E-state index contributed by atoms with van der Waals surface area (Å²) in [5.41, 5.74) is 1.25. The van der Waals surface area contributed by atoms with E-state index in [0.29, 0.717) is 12.7 Å². The number of rotatable bonds is 4. The van der Waals surface area contributed by atoms with Gasteiger partial charge in [0.2, 0.25) is 12.7 Å². The first-order valence-corrected chi connectivity index (χ1v) is 9.85. The first kappa shape index (κ1) is 17.6. The summed E-state index contributed by atoms with van der Waals surface area (Å²) < 4.78 is 10.8. The lowest BCUT2D eigenvalue weighted by atomic mass is 9.94. The van der Waals surface area contributed by atoms with Crippen molar-refractivity contribution in [3.05, 3.63) is 23.8 Å². The van der Waals surface area contributed by atoms with Crippen LogP contribution in [0.3, 0.4) is 0 Å². The molecule has 2 saturated heterocycles. The molecule has 0 spiro atoms. The number of piperidine rings is 1. The number of piperazine rings is 1. The SMILES string of the molecule is CCN1CCN(C(=O)C2CCN(Cc3ccc4c(c3)OCO4)CC2)CC1. The zero-order valence-electron chi connectivity index (χ0n) is 15.7. The number of hydrogen-bond donors (Lipinski definition) is 0. The molecule has 26 heavy (non-hydrogen) atoms. The van der Waals surface area contributed by atoms with Crippen molar-refractivity contribution in [2.24, 2.45) is 5.92 Å². The molecule has 3 aliphatic heterocycles. The van der Waals surface area contributed by atoms with E-state index in [2.05, 4.69) is 33.8 Å². The molecule has 6 nitrogen and oxygen atoms in total. The highest BCUT2D eigenvalue weighted by atomic mass is 16.7. The number of ether oxygens (including phenoxy) is 2. The van der Waals surface area contributed by atoms with Crippen molar-refractivity contribution in [3.8, 4) is 11.5 Å². The van der Waals surface area contributed by atoms with Crippen molar-refractivity contribution in [2.45, 2.75) is 26.3 Å².